The molecule has 0 bridgehead atoms. The fourth-order valence-corrected chi connectivity index (χ4v) is 2.05. The summed E-state index contributed by atoms with van der Waals surface area (Å²) in [5.41, 5.74) is 3.56. The lowest BCUT2D eigenvalue weighted by Gasteiger charge is -2.19. The molecule has 4 N–H and O–H groups in total. The van der Waals surface area contributed by atoms with Crippen LogP contribution in [0.3, 0.4) is 0 Å². The third-order valence-electron chi connectivity index (χ3n) is 3.30. The summed E-state index contributed by atoms with van der Waals surface area (Å²) in [6.45, 7) is 1.34. The Morgan fingerprint density at radius 3 is 2.35 bits per heavy atom. The molecule has 2 atom stereocenters. The molecule has 23 heavy (non-hydrogen) atoms. The SMILES string of the molecule is C[C@@H](O)C(NC(=O)c1ccc(-c2cccnc2)cc1)C(=O)NO. The fourth-order valence-electron chi connectivity index (χ4n) is 2.05. The molecule has 120 valence electrons. The number of aliphatic hydroxyl groups is 1. The summed E-state index contributed by atoms with van der Waals surface area (Å²) in [6, 6.07) is 9.20. The highest BCUT2D eigenvalue weighted by Gasteiger charge is 2.25. The summed E-state index contributed by atoms with van der Waals surface area (Å²) in [4.78, 5) is 27.6. The minimum Gasteiger partial charge on any atom is -0.391 e. The number of aliphatic hydroxyl groups excluding tert-OH is 1. The van der Waals surface area contributed by atoms with E-state index in [2.05, 4.69) is 10.3 Å². The van der Waals surface area contributed by atoms with Crippen LogP contribution in [0.2, 0.25) is 0 Å². The molecular weight excluding hydrogens is 298 g/mol. The standard InChI is InChI=1S/C16H17N3O4/c1-10(20)14(16(22)19-23)18-15(21)12-6-4-11(5-7-12)13-3-2-8-17-9-13/h2-10,14,20,23H,1H3,(H,18,21)(H,19,22)/t10-,14?/m1/s1. The average molecular weight is 315 g/mol. The molecule has 7 heteroatoms. The molecule has 0 aliphatic rings. The lowest BCUT2D eigenvalue weighted by molar-refractivity contribution is -0.133. The summed E-state index contributed by atoms with van der Waals surface area (Å²) in [5.74, 6) is -1.42. The van der Waals surface area contributed by atoms with Gasteiger partial charge in [0.25, 0.3) is 11.8 Å². The summed E-state index contributed by atoms with van der Waals surface area (Å²) in [5, 5.41) is 20.5. The van der Waals surface area contributed by atoms with Crippen LogP contribution < -0.4 is 10.8 Å². The average Bonchev–Trinajstić information content (AvgIpc) is 2.59. The molecule has 0 saturated heterocycles. The van der Waals surface area contributed by atoms with Gasteiger partial charge in [0.05, 0.1) is 6.10 Å². The molecule has 2 rings (SSSR count). The van der Waals surface area contributed by atoms with Crippen LogP contribution in [0.25, 0.3) is 11.1 Å². The first kappa shape index (κ1) is 16.6. The summed E-state index contributed by atoms with van der Waals surface area (Å²) < 4.78 is 0. The van der Waals surface area contributed by atoms with Crippen molar-refractivity contribution in [2.45, 2.75) is 19.1 Å². The molecule has 0 spiro atoms. The Hall–Kier alpha value is -2.77. The molecule has 1 aromatic heterocycles. The quantitative estimate of drug-likeness (QED) is 0.480. The Morgan fingerprint density at radius 1 is 1.13 bits per heavy atom. The van der Waals surface area contributed by atoms with E-state index in [4.69, 9.17) is 5.21 Å². The zero-order valence-electron chi connectivity index (χ0n) is 12.4. The Balaban J connectivity index is 2.12. The molecule has 1 unspecified atom stereocenters. The van der Waals surface area contributed by atoms with Gasteiger partial charge in [0, 0.05) is 18.0 Å². The lowest BCUT2D eigenvalue weighted by atomic mass is 10.0. The van der Waals surface area contributed by atoms with E-state index in [0.717, 1.165) is 11.1 Å². The predicted octanol–water partition coefficient (Wildman–Crippen LogP) is 0.733. The maximum Gasteiger partial charge on any atom is 0.268 e. The molecule has 1 heterocycles. The van der Waals surface area contributed by atoms with Gasteiger partial charge < -0.3 is 10.4 Å². The van der Waals surface area contributed by atoms with Crippen molar-refractivity contribution in [2.75, 3.05) is 0 Å². The van der Waals surface area contributed by atoms with Crippen LogP contribution in [0.1, 0.15) is 17.3 Å². The number of amides is 2. The number of carbonyl (C=O) groups is 2. The number of hydroxylamine groups is 1. The van der Waals surface area contributed by atoms with Gasteiger partial charge in [-0.05, 0) is 36.2 Å². The van der Waals surface area contributed by atoms with Crippen LogP contribution in [0.4, 0.5) is 0 Å². The molecule has 2 aromatic rings. The number of pyridine rings is 1. The Labute approximate surface area is 132 Å². The van der Waals surface area contributed by atoms with E-state index in [0.29, 0.717) is 5.56 Å². The van der Waals surface area contributed by atoms with Gasteiger partial charge in [0.1, 0.15) is 6.04 Å². The van der Waals surface area contributed by atoms with Crippen molar-refractivity contribution >= 4 is 11.8 Å². The van der Waals surface area contributed by atoms with Crippen molar-refractivity contribution in [1.29, 1.82) is 0 Å². The minimum absolute atomic E-state index is 0.328. The number of benzene rings is 1. The number of nitrogens with one attached hydrogen (secondary N) is 2. The number of hydrogen-bond acceptors (Lipinski definition) is 5. The molecule has 0 aliphatic heterocycles. The first-order valence-electron chi connectivity index (χ1n) is 6.96. The molecule has 7 nitrogen and oxygen atoms in total. The van der Waals surface area contributed by atoms with Crippen LogP contribution >= 0.6 is 0 Å². The van der Waals surface area contributed by atoms with Crippen molar-refractivity contribution in [3.05, 3.63) is 54.4 Å². The summed E-state index contributed by atoms with van der Waals surface area (Å²) in [6.07, 6.45) is 2.23. The second kappa shape index (κ2) is 7.48. The molecule has 0 saturated carbocycles. The number of hydrogen-bond donors (Lipinski definition) is 4. The number of aromatic nitrogens is 1. The van der Waals surface area contributed by atoms with Gasteiger partial charge in [-0.3, -0.25) is 19.8 Å². The monoisotopic (exact) mass is 315 g/mol. The summed E-state index contributed by atoms with van der Waals surface area (Å²) >= 11 is 0. The van der Waals surface area contributed by atoms with E-state index in [1.165, 1.54) is 12.4 Å². The summed E-state index contributed by atoms with van der Waals surface area (Å²) in [7, 11) is 0. The second-order valence-electron chi connectivity index (χ2n) is 4.99. The highest BCUT2D eigenvalue weighted by molar-refractivity contribution is 5.97. The minimum atomic E-state index is -1.24. The third-order valence-corrected chi connectivity index (χ3v) is 3.30. The van der Waals surface area contributed by atoms with Gasteiger partial charge in [-0.15, -0.1) is 0 Å². The maximum atomic E-state index is 12.1. The van der Waals surface area contributed by atoms with Crippen LogP contribution in [-0.4, -0.2) is 39.3 Å². The van der Waals surface area contributed by atoms with E-state index in [9.17, 15) is 14.7 Å². The van der Waals surface area contributed by atoms with Gasteiger partial charge in [-0.1, -0.05) is 18.2 Å². The van der Waals surface area contributed by atoms with Gasteiger partial charge in [0.15, 0.2) is 0 Å². The topological polar surface area (TPSA) is 112 Å². The van der Waals surface area contributed by atoms with Crippen molar-refractivity contribution in [3.63, 3.8) is 0 Å². The molecule has 0 radical (unpaired) electrons. The number of nitrogens with zero attached hydrogens (tertiary/aromatic N) is 1. The van der Waals surface area contributed by atoms with E-state index in [1.54, 1.807) is 36.7 Å². The third kappa shape index (κ3) is 4.12. The Kier molecular flexibility index (Phi) is 5.40. The van der Waals surface area contributed by atoms with Crippen LogP contribution in [0, 0.1) is 0 Å². The van der Waals surface area contributed by atoms with Gasteiger partial charge in [0.2, 0.25) is 0 Å². The lowest BCUT2D eigenvalue weighted by Crippen LogP contribution is -2.51. The van der Waals surface area contributed by atoms with Crippen LogP contribution in [-0.2, 0) is 4.79 Å². The first-order chi connectivity index (χ1) is 11.0. The van der Waals surface area contributed by atoms with Crippen molar-refractivity contribution in [3.8, 4) is 11.1 Å². The fraction of sp³-hybridized carbons (Fsp3) is 0.188. The zero-order valence-corrected chi connectivity index (χ0v) is 12.4. The second-order valence-corrected chi connectivity index (χ2v) is 4.99. The van der Waals surface area contributed by atoms with E-state index >= 15 is 0 Å². The maximum absolute atomic E-state index is 12.1. The predicted molar refractivity (Wildman–Crippen MR) is 82.5 cm³/mol. The van der Waals surface area contributed by atoms with Gasteiger partial charge in [-0.25, -0.2) is 5.48 Å². The first-order valence-corrected chi connectivity index (χ1v) is 6.96. The normalized spacial score (nSPS) is 13.0. The van der Waals surface area contributed by atoms with Crippen molar-refractivity contribution < 1.29 is 19.9 Å². The van der Waals surface area contributed by atoms with Gasteiger partial charge in [-0.2, -0.15) is 0 Å². The van der Waals surface area contributed by atoms with Crippen molar-refractivity contribution in [1.82, 2.24) is 15.8 Å². The number of carbonyl (C=O) groups excluding carboxylic acids is 2. The van der Waals surface area contributed by atoms with E-state index < -0.39 is 24.0 Å². The molecule has 0 aliphatic carbocycles. The molecule has 1 aromatic carbocycles. The molecular formula is C16H17N3O4. The highest BCUT2D eigenvalue weighted by Crippen LogP contribution is 2.18. The highest BCUT2D eigenvalue weighted by atomic mass is 16.5. The largest absolute Gasteiger partial charge is 0.391 e. The Bertz CT molecular complexity index is 671. The Morgan fingerprint density at radius 2 is 1.83 bits per heavy atom. The molecule has 0 fully saturated rings. The van der Waals surface area contributed by atoms with Crippen LogP contribution in [0.15, 0.2) is 48.8 Å². The van der Waals surface area contributed by atoms with Gasteiger partial charge >= 0.3 is 0 Å². The van der Waals surface area contributed by atoms with Crippen molar-refractivity contribution in [2.24, 2.45) is 0 Å². The van der Waals surface area contributed by atoms with Crippen LogP contribution in [0.5, 0.6) is 0 Å². The zero-order chi connectivity index (χ0) is 16.8. The van der Waals surface area contributed by atoms with E-state index in [1.807, 2.05) is 12.1 Å². The smallest absolute Gasteiger partial charge is 0.268 e. The molecule has 2 amide bonds. The van der Waals surface area contributed by atoms with E-state index in [-0.39, 0.29) is 0 Å². The number of rotatable bonds is 5.